The van der Waals surface area contributed by atoms with Crippen LogP contribution in [0.1, 0.15) is 5.56 Å². The standard InChI is InChI=1S/C23H19F3N2O/c1-29-20-14-12-19(13-15-20)28-22(23(24,25)26)16-21(17-8-4-2-5-9-17)27-18-10-6-3-7-11-18/h2-16,28H,1H3/b22-16-,27-21?. The van der Waals surface area contributed by atoms with Crippen molar-refractivity contribution < 1.29 is 17.9 Å². The van der Waals surface area contributed by atoms with Crippen LogP contribution in [0.5, 0.6) is 5.75 Å². The minimum Gasteiger partial charge on any atom is -0.497 e. The van der Waals surface area contributed by atoms with Gasteiger partial charge in [-0.2, -0.15) is 13.2 Å². The number of aliphatic imine (C=N–C) groups is 1. The first-order valence-electron chi connectivity index (χ1n) is 8.85. The molecule has 3 rings (SSSR count). The van der Waals surface area contributed by atoms with Gasteiger partial charge in [0.15, 0.2) is 0 Å². The Kier molecular flexibility index (Phi) is 6.34. The Bertz CT molecular complexity index is 980. The highest BCUT2D eigenvalue weighted by Crippen LogP contribution is 2.29. The summed E-state index contributed by atoms with van der Waals surface area (Å²) >= 11 is 0. The number of rotatable bonds is 6. The van der Waals surface area contributed by atoms with E-state index in [0.717, 1.165) is 6.08 Å². The van der Waals surface area contributed by atoms with Crippen LogP contribution in [0.2, 0.25) is 0 Å². The SMILES string of the molecule is COc1ccc(N/C(=C\C(=Nc2ccccc2)c2ccccc2)C(F)(F)F)cc1. The summed E-state index contributed by atoms with van der Waals surface area (Å²) in [6, 6.07) is 23.8. The average molecular weight is 396 g/mol. The first-order valence-corrected chi connectivity index (χ1v) is 8.85. The van der Waals surface area contributed by atoms with Gasteiger partial charge in [-0.15, -0.1) is 0 Å². The molecule has 6 heteroatoms. The molecule has 0 aliphatic rings. The fraction of sp³-hybridized carbons (Fsp3) is 0.0870. The predicted molar refractivity (Wildman–Crippen MR) is 110 cm³/mol. The molecular weight excluding hydrogens is 377 g/mol. The van der Waals surface area contributed by atoms with Crippen molar-refractivity contribution in [1.82, 2.24) is 0 Å². The molecule has 3 aromatic rings. The van der Waals surface area contributed by atoms with Crippen LogP contribution >= 0.6 is 0 Å². The molecule has 0 spiro atoms. The van der Waals surface area contributed by atoms with E-state index in [0.29, 0.717) is 22.7 Å². The van der Waals surface area contributed by atoms with Gasteiger partial charge < -0.3 is 10.1 Å². The Morgan fingerprint density at radius 3 is 2.00 bits per heavy atom. The summed E-state index contributed by atoms with van der Waals surface area (Å²) in [5, 5.41) is 2.46. The summed E-state index contributed by atoms with van der Waals surface area (Å²) in [6.07, 6.45) is -3.57. The summed E-state index contributed by atoms with van der Waals surface area (Å²) in [5.41, 5.74) is 0.719. The maximum absolute atomic E-state index is 13.8. The lowest BCUT2D eigenvalue weighted by Gasteiger charge is -2.15. The lowest BCUT2D eigenvalue weighted by Crippen LogP contribution is -2.20. The maximum Gasteiger partial charge on any atom is 0.431 e. The molecule has 1 N–H and O–H groups in total. The smallest absolute Gasteiger partial charge is 0.431 e. The number of benzene rings is 3. The highest BCUT2D eigenvalue weighted by molar-refractivity contribution is 6.10. The molecule has 0 aliphatic carbocycles. The van der Waals surface area contributed by atoms with E-state index in [1.807, 2.05) is 6.07 Å². The molecule has 0 heterocycles. The van der Waals surface area contributed by atoms with Gasteiger partial charge in [0.25, 0.3) is 0 Å². The van der Waals surface area contributed by atoms with Crippen molar-refractivity contribution >= 4 is 17.1 Å². The van der Waals surface area contributed by atoms with Crippen LogP contribution in [-0.4, -0.2) is 19.0 Å². The fourth-order valence-corrected chi connectivity index (χ4v) is 2.59. The summed E-state index contributed by atoms with van der Waals surface area (Å²) in [7, 11) is 1.50. The number of nitrogens with one attached hydrogen (secondary N) is 1. The number of hydrogen-bond acceptors (Lipinski definition) is 3. The van der Waals surface area contributed by atoms with Crippen molar-refractivity contribution in [3.05, 3.63) is 102 Å². The third kappa shape index (κ3) is 5.72. The monoisotopic (exact) mass is 396 g/mol. The zero-order valence-electron chi connectivity index (χ0n) is 15.6. The molecule has 0 bridgehead atoms. The van der Waals surface area contributed by atoms with Crippen LogP contribution in [0.25, 0.3) is 0 Å². The molecule has 0 saturated carbocycles. The zero-order chi connectivity index (χ0) is 20.7. The zero-order valence-corrected chi connectivity index (χ0v) is 15.6. The van der Waals surface area contributed by atoms with E-state index in [-0.39, 0.29) is 5.71 Å². The molecule has 3 nitrogen and oxygen atoms in total. The van der Waals surface area contributed by atoms with Gasteiger partial charge >= 0.3 is 6.18 Å². The summed E-state index contributed by atoms with van der Waals surface area (Å²) in [6.45, 7) is 0. The lowest BCUT2D eigenvalue weighted by molar-refractivity contribution is -0.0901. The van der Waals surface area contributed by atoms with Crippen molar-refractivity contribution in [3.63, 3.8) is 0 Å². The number of methoxy groups -OCH3 is 1. The molecule has 3 aromatic carbocycles. The first kappa shape index (κ1) is 20.2. The van der Waals surface area contributed by atoms with Gasteiger partial charge in [-0.1, -0.05) is 48.5 Å². The number of para-hydroxylation sites is 1. The van der Waals surface area contributed by atoms with E-state index in [4.69, 9.17) is 4.74 Å². The van der Waals surface area contributed by atoms with Gasteiger partial charge in [0.2, 0.25) is 0 Å². The highest BCUT2D eigenvalue weighted by atomic mass is 19.4. The molecule has 0 unspecified atom stereocenters. The van der Waals surface area contributed by atoms with Crippen molar-refractivity contribution in [2.24, 2.45) is 4.99 Å². The Labute approximate surface area is 167 Å². The van der Waals surface area contributed by atoms with E-state index in [1.165, 1.54) is 19.2 Å². The molecule has 0 radical (unpaired) electrons. The predicted octanol–water partition coefficient (Wildman–Crippen LogP) is 6.37. The highest BCUT2D eigenvalue weighted by Gasteiger charge is 2.34. The molecule has 0 aromatic heterocycles. The molecule has 29 heavy (non-hydrogen) atoms. The lowest BCUT2D eigenvalue weighted by atomic mass is 10.1. The molecule has 148 valence electrons. The van der Waals surface area contributed by atoms with E-state index in [2.05, 4.69) is 10.3 Å². The molecule has 0 saturated heterocycles. The molecule has 0 aliphatic heterocycles. The van der Waals surface area contributed by atoms with E-state index >= 15 is 0 Å². The van der Waals surface area contributed by atoms with Crippen LogP contribution in [0.3, 0.4) is 0 Å². The summed E-state index contributed by atoms with van der Waals surface area (Å²) in [5.74, 6) is 0.559. The number of alkyl halides is 3. The van der Waals surface area contributed by atoms with Crippen LogP contribution in [0.15, 0.2) is 102 Å². The number of anilines is 1. The van der Waals surface area contributed by atoms with Gasteiger partial charge in [-0.3, -0.25) is 0 Å². The number of ether oxygens (including phenoxy) is 1. The van der Waals surface area contributed by atoms with Crippen molar-refractivity contribution in [3.8, 4) is 5.75 Å². The Balaban J connectivity index is 2.04. The van der Waals surface area contributed by atoms with E-state index in [1.54, 1.807) is 66.7 Å². The largest absolute Gasteiger partial charge is 0.497 e. The second-order valence-corrected chi connectivity index (χ2v) is 6.11. The Morgan fingerprint density at radius 2 is 1.45 bits per heavy atom. The van der Waals surface area contributed by atoms with Crippen LogP contribution in [-0.2, 0) is 0 Å². The number of halogens is 3. The van der Waals surface area contributed by atoms with Crippen molar-refractivity contribution in [2.75, 3.05) is 12.4 Å². The minimum absolute atomic E-state index is 0.199. The number of allylic oxidation sites excluding steroid dienone is 2. The van der Waals surface area contributed by atoms with Gasteiger partial charge in [-0.25, -0.2) is 4.99 Å². The second-order valence-electron chi connectivity index (χ2n) is 6.11. The second kappa shape index (κ2) is 9.10. The molecule has 0 amide bonds. The van der Waals surface area contributed by atoms with Gasteiger partial charge in [0.1, 0.15) is 11.4 Å². The third-order valence-electron chi connectivity index (χ3n) is 4.03. The first-order chi connectivity index (χ1) is 14.0. The molecule has 0 fully saturated rings. The van der Waals surface area contributed by atoms with Crippen molar-refractivity contribution in [1.29, 1.82) is 0 Å². The summed E-state index contributed by atoms with van der Waals surface area (Å²) in [4.78, 5) is 4.43. The van der Waals surface area contributed by atoms with Crippen molar-refractivity contribution in [2.45, 2.75) is 6.18 Å². The molecular formula is C23H19F3N2O. The Hall–Kier alpha value is -3.54. The van der Waals surface area contributed by atoms with E-state index in [9.17, 15) is 13.2 Å². The van der Waals surface area contributed by atoms with Gasteiger partial charge in [0, 0.05) is 11.3 Å². The normalized spacial score (nSPS) is 12.6. The number of hydrogen-bond donors (Lipinski definition) is 1. The fourth-order valence-electron chi connectivity index (χ4n) is 2.59. The van der Waals surface area contributed by atoms with Crippen LogP contribution in [0, 0.1) is 0 Å². The number of nitrogens with zero attached hydrogens (tertiary/aromatic N) is 1. The van der Waals surface area contributed by atoms with Crippen LogP contribution in [0.4, 0.5) is 24.5 Å². The average Bonchev–Trinajstić information content (AvgIpc) is 2.74. The third-order valence-corrected chi connectivity index (χ3v) is 4.03. The van der Waals surface area contributed by atoms with Gasteiger partial charge in [0.05, 0.1) is 18.5 Å². The van der Waals surface area contributed by atoms with Crippen LogP contribution < -0.4 is 10.1 Å². The summed E-state index contributed by atoms with van der Waals surface area (Å²) < 4.78 is 46.3. The molecule has 0 atom stereocenters. The maximum atomic E-state index is 13.8. The minimum atomic E-state index is -4.59. The quantitative estimate of drug-likeness (QED) is 0.491. The van der Waals surface area contributed by atoms with Gasteiger partial charge in [-0.05, 0) is 42.5 Å². The topological polar surface area (TPSA) is 33.6 Å². The Morgan fingerprint density at radius 1 is 0.862 bits per heavy atom. The van der Waals surface area contributed by atoms with E-state index < -0.39 is 11.9 Å².